The number of hydrogen-bond acceptors (Lipinski definition) is 6. The van der Waals surface area contributed by atoms with Crippen LogP contribution in [0.2, 0.25) is 0 Å². The van der Waals surface area contributed by atoms with Gasteiger partial charge in [0.15, 0.2) is 0 Å². The monoisotopic (exact) mass is 429 g/mol. The summed E-state index contributed by atoms with van der Waals surface area (Å²) in [7, 11) is 0. The lowest BCUT2D eigenvalue weighted by Gasteiger charge is -2.27. The lowest BCUT2D eigenvalue weighted by atomic mass is 9.91. The van der Waals surface area contributed by atoms with Crippen LogP contribution in [0.25, 0.3) is 0 Å². The SMILES string of the molecule is NC1CCC(NC(=O)c2ccc(N3CCCN(C(=O)C4CC4)CC3)c([N+](=O)[O-])c2)CC1. The van der Waals surface area contributed by atoms with Crippen LogP contribution in [0.1, 0.15) is 55.3 Å². The predicted molar refractivity (Wildman–Crippen MR) is 117 cm³/mol. The molecule has 0 bridgehead atoms. The Morgan fingerprint density at radius 1 is 1.03 bits per heavy atom. The van der Waals surface area contributed by atoms with E-state index in [1.165, 1.54) is 6.07 Å². The molecule has 0 atom stereocenters. The third-order valence-electron chi connectivity index (χ3n) is 6.62. The Hall–Kier alpha value is -2.68. The Bertz CT molecular complexity index is 848. The van der Waals surface area contributed by atoms with Crippen molar-refractivity contribution in [2.45, 2.75) is 57.0 Å². The fourth-order valence-corrected chi connectivity index (χ4v) is 4.58. The van der Waals surface area contributed by atoms with Crippen LogP contribution in [0.15, 0.2) is 18.2 Å². The van der Waals surface area contributed by atoms with Crippen molar-refractivity contribution in [3.05, 3.63) is 33.9 Å². The number of nitrogens with two attached hydrogens (primary N) is 1. The van der Waals surface area contributed by atoms with E-state index >= 15 is 0 Å². The van der Waals surface area contributed by atoms with E-state index in [1.54, 1.807) is 12.1 Å². The van der Waals surface area contributed by atoms with E-state index in [9.17, 15) is 19.7 Å². The smallest absolute Gasteiger partial charge is 0.293 e. The van der Waals surface area contributed by atoms with Crippen molar-refractivity contribution in [1.29, 1.82) is 0 Å². The molecule has 168 valence electrons. The Morgan fingerprint density at radius 3 is 2.45 bits per heavy atom. The van der Waals surface area contributed by atoms with Gasteiger partial charge in [0, 0.05) is 55.8 Å². The number of nitro groups is 1. The van der Waals surface area contributed by atoms with Gasteiger partial charge in [0.2, 0.25) is 5.91 Å². The minimum absolute atomic E-state index is 0.0617. The summed E-state index contributed by atoms with van der Waals surface area (Å²) in [6.07, 6.45) is 6.12. The van der Waals surface area contributed by atoms with Gasteiger partial charge in [-0.3, -0.25) is 19.7 Å². The highest BCUT2D eigenvalue weighted by molar-refractivity contribution is 5.96. The van der Waals surface area contributed by atoms with Gasteiger partial charge in [-0.15, -0.1) is 0 Å². The molecule has 3 aliphatic rings. The molecule has 9 nitrogen and oxygen atoms in total. The first-order chi connectivity index (χ1) is 14.9. The number of hydrogen-bond donors (Lipinski definition) is 2. The minimum atomic E-state index is -0.427. The van der Waals surface area contributed by atoms with Crippen molar-refractivity contribution in [3.8, 4) is 0 Å². The summed E-state index contributed by atoms with van der Waals surface area (Å²) >= 11 is 0. The summed E-state index contributed by atoms with van der Waals surface area (Å²) < 4.78 is 0. The molecular weight excluding hydrogens is 398 g/mol. The molecule has 9 heteroatoms. The molecule has 2 amide bonds. The lowest BCUT2D eigenvalue weighted by molar-refractivity contribution is -0.384. The Balaban J connectivity index is 1.45. The van der Waals surface area contributed by atoms with Crippen molar-refractivity contribution >= 4 is 23.2 Å². The fourth-order valence-electron chi connectivity index (χ4n) is 4.58. The molecule has 4 rings (SSSR count). The van der Waals surface area contributed by atoms with Gasteiger partial charge in [-0.25, -0.2) is 0 Å². The zero-order valence-electron chi connectivity index (χ0n) is 17.8. The highest BCUT2D eigenvalue weighted by Crippen LogP contribution is 2.33. The van der Waals surface area contributed by atoms with Crippen LogP contribution < -0.4 is 16.0 Å². The van der Waals surface area contributed by atoms with Gasteiger partial charge in [0.25, 0.3) is 11.6 Å². The van der Waals surface area contributed by atoms with E-state index in [0.29, 0.717) is 37.4 Å². The average molecular weight is 430 g/mol. The number of carbonyl (C=O) groups excluding carboxylic acids is 2. The highest BCUT2D eigenvalue weighted by Gasteiger charge is 2.34. The maximum atomic E-state index is 12.7. The molecule has 0 aromatic heterocycles. The molecule has 1 saturated heterocycles. The average Bonchev–Trinajstić information content (AvgIpc) is 3.61. The molecule has 1 aliphatic heterocycles. The molecule has 0 spiro atoms. The number of nitrogens with one attached hydrogen (secondary N) is 1. The van der Waals surface area contributed by atoms with Crippen LogP contribution in [-0.4, -0.2) is 59.9 Å². The van der Waals surface area contributed by atoms with Gasteiger partial charge in [-0.2, -0.15) is 0 Å². The van der Waals surface area contributed by atoms with Crippen molar-refractivity contribution in [1.82, 2.24) is 10.2 Å². The summed E-state index contributed by atoms with van der Waals surface area (Å²) in [5.74, 6) is 0.109. The summed E-state index contributed by atoms with van der Waals surface area (Å²) in [6.45, 7) is 2.44. The van der Waals surface area contributed by atoms with Crippen LogP contribution in [0, 0.1) is 16.0 Å². The summed E-state index contributed by atoms with van der Waals surface area (Å²) in [5, 5.41) is 14.8. The molecule has 31 heavy (non-hydrogen) atoms. The van der Waals surface area contributed by atoms with Crippen molar-refractivity contribution in [2.75, 3.05) is 31.1 Å². The largest absolute Gasteiger partial charge is 0.364 e. The molecule has 0 unspecified atom stereocenters. The number of nitrogens with zero attached hydrogens (tertiary/aromatic N) is 3. The number of amides is 2. The summed E-state index contributed by atoms with van der Waals surface area (Å²) in [4.78, 5) is 40.3. The van der Waals surface area contributed by atoms with Gasteiger partial charge in [-0.05, 0) is 57.1 Å². The quantitative estimate of drug-likeness (QED) is 0.546. The summed E-state index contributed by atoms with van der Waals surface area (Å²) in [5.41, 5.74) is 6.65. The van der Waals surface area contributed by atoms with Crippen LogP contribution >= 0.6 is 0 Å². The lowest BCUT2D eigenvalue weighted by Crippen LogP contribution is -2.40. The first-order valence-electron chi connectivity index (χ1n) is 11.3. The summed E-state index contributed by atoms with van der Waals surface area (Å²) in [6, 6.07) is 4.95. The third-order valence-corrected chi connectivity index (χ3v) is 6.62. The van der Waals surface area contributed by atoms with Crippen molar-refractivity contribution < 1.29 is 14.5 Å². The number of benzene rings is 1. The Labute approximate surface area is 182 Å². The minimum Gasteiger partial charge on any atom is -0.364 e. The second-order valence-electron chi connectivity index (χ2n) is 8.99. The highest BCUT2D eigenvalue weighted by atomic mass is 16.6. The Kier molecular flexibility index (Phi) is 6.41. The zero-order chi connectivity index (χ0) is 22.0. The topological polar surface area (TPSA) is 122 Å². The van der Waals surface area contributed by atoms with Crippen molar-refractivity contribution in [3.63, 3.8) is 0 Å². The second kappa shape index (κ2) is 9.21. The van der Waals surface area contributed by atoms with Gasteiger partial charge in [0.05, 0.1) is 4.92 Å². The van der Waals surface area contributed by atoms with E-state index in [4.69, 9.17) is 5.73 Å². The van der Waals surface area contributed by atoms with Crippen LogP contribution in [0.5, 0.6) is 0 Å². The zero-order valence-corrected chi connectivity index (χ0v) is 17.8. The molecule has 3 N–H and O–H groups in total. The van der Waals surface area contributed by atoms with Crippen LogP contribution in [0.3, 0.4) is 0 Å². The first kappa shape index (κ1) is 21.5. The molecule has 2 saturated carbocycles. The third kappa shape index (κ3) is 5.15. The fraction of sp³-hybridized carbons (Fsp3) is 0.636. The molecular formula is C22H31N5O4. The van der Waals surface area contributed by atoms with Gasteiger partial charge < -0.3 is 20.9 Å². The number of carbonyl (C=O) groups is 2. The van der Waals surface area contributed by atoms with E-state index < -0.39 is 4.92 Å². The normalized spacial score (nSPS) is 24.4. The predicted octanol–water partition coefficient (Wildman–Crippen LogP) is 2.04. The molecule has 3 fully saturated rings. The molecule has 2 aliphatic carbocycles. The molecule has 1 aromatic carbocycles. The molecule has 0 radical (unpaired) electrons. The van der Waals surface area contributed by atoms with Gasteiger partial charge in [-0.1, -0.05) is 0 Å². The van der Waals surface area contributed by atoms with Crippen molar-refractivity contribution in [2.24, 2.45) is 11.7 Å². The van der Waals surface area contributed by atoms with E-state index in [0.717, 1.165) is 44.9 Å². The van der Waals surface area contributed by atoms with E-state index in [-0.39, 0.29) is 35.5 Å². The second-order valence-corrected chi connectivity index (χ2v) is 8.99. The van der Waals surface area contributed by atoms with Crippen LogP contribution in [0.4, 0.5) is 11.4 Å². The van der Waals surface area contributed by atoms with E-state index in [2.05, 4.69) is 5.32 Å². The maximum Gasteiger partial charge on any atom is 0.293 e. The van der Waals surface area contributed by atoms with E-state index in [1.807, 2.05) is 9.80 Å². The first-order valence-corrected chi connectivity index (χ1v) is 11.3. The van der Waals surface area contributed by atoms with Gasteiger partial charge >= 0.3 is 0 Å². The Morgan fingerprint density at radius 2 is 1.77 bits per heavy atom. The molecule has 1 heterocycles. The maximum absolute atomic E-state index is 12.7. The number of anilines is 1. The number of nitro benzene ring substituents is 1. The number of rotatable bonds is 5. The molecule has 1 aromatic rings. The van der Waals surface area contributed by atoms with Crippen LogP contribution in [-0.2, 0) is 4.79 Å². The standard InChI is InChI=1S/C22H31N5O4/c23-17-5-7-18(8-6-17)24-21(28)16-4-9-19(20(14-16)27(30)31)25-10-1-11-26(13-12-25)22(29)15-2-3-15/h4,9,14-15,17-18H,1-3,5-8,10-13,23H2,(H,24,28). The van der Waals surface area contributed by atoms with Gasteiger partial charge in [0.1, 0.15) is 5.69 Å².